The summed E-state index contributed by atoms with van der Waals surface area (Å²) >= 11 is 0. The van der Waals surface area contributed by atoms with Gasteiger partial charge in [0.15, 0.2) is 0 Å². The highest BCUT2D eigenvalue weighted by Crippen LogP contribution is 2.25. The molecule has 0 fully saturated rings. The maximum absolute atomic E-state index is 5.87. The lowest BCUT2D eigenvalue weighted by Gasteiger charge is -2.16. The number of ether oxygens (including phenoxy) is 1. The van der Waals surface area contributed by atoms with Crippen LogP contribution in [0.1, 0.15) is 29.7 Å². The summed E-state index contributed by atoms with van der Waals surface area (Å²) in [7, 11) is 1.91. The summed E-state index contributed by atoms with van der Waals surface area (Å²) in [6.07, 6.45) is 6.80. The van der Waals surface area contributed by atoms with Gasteiger partial charge in [-0.05, 0) is 61.1 Å². The zero-order valence-corrected chi connectivity index (χ0v) is 11.9. The fourth-order valence-electron chi connectivity index (χ4n) is 2.67. The average molecular weight is 268 g/mol. The number of nitrogens with one attached hydrogen (secondary N) is 1. The predicted molar refractivity (Wildman–Crippen MR) is 81.2 cm³/mol. The van der Waals surface area contributed by atoms with Gasteiger partial charge in [0.05, 0.1) is 5.69 Å². The van der Waals surface area contributed by atoms with Crippen LogP contribution in [0.4, 0.5) is 5.69 Å². The van der Waals surface area contributed by atoms with Gasteiger partial charge >= 0.3 is 0 Å². The van der Waals surface area contributed by atoms with E-state index in [1.54, 1.807) is 6.20 Å². The quantitative estimate of drug-likeness (QED) is 0.920. The number of aromatic nitrogens is 1. The smallest absolute Gasteiger partial charge is 0.130 e. The topological polar surface area (TPSA) is 34.2 Å². The summed E-state index contributed by atoms with van der Waals surface area (Å²) in [6.45, 7) is 0.508. The van der Waals surface area contributed by atoms with E-state index in [4.69, 9.17) is 4.74 Å². The van der Waals surface area contributed by atoms with Crippen LogP contribution in [0.15, 0.2) is 36.5 Å². The Morgan fingerprint density at radius 3 is 2.80 bits per heavy atom. The van der Waals surface area contributed by atoms with Crippen LogP contribution in [-0.2, 0) is 19.4 Å². The lowest BCUT2D eigenvalue weighted by atomic mass is 9.92. The van der Waals surface area contributed by atoms with Crippen molar-refractivity contribution < 1.29 is 4.74 Å². The molecule has 0 bridgehead atoms. The van der Waals surface area contributed by atoms with Crippen molar-refractivity contribution in [3.8, 4) is 5.75 Å². The number of aryl methyl sites for hydroxylation is 2. The van der Waals surface area contributed by atoms with Crippen molar-refractivity contribution in [3.63, 3.8) is 0 Å². The number of rotatable bonds is 4. The van der Waals surface area contributed by atoms with Gasteiger partial charge in [-0.25, -0.2) is 0 Å². The molecule has 104 valence electrons. The zero-order chi connectivity index (χ0) is 13.8. The zero-order valence-electron chi connectivity index (χ0n) is 11.9. The summed E-state index contributed by atoms with van der Waals surface area (Å²) in [6, 6.07) is 10.4. The monoisotopic (exact) mass is 268 g/mol. The minimum Gasteiger partial charge on any atom is -0.487 e. The molecule has 1 N–H and O–H groups in total. The molecule has 1 heterocycles. The molecule has 20 heavy (non-hydrogen) atoms. The first-order valence-electron chi connectivity index (χ1n) is 7.22. The normalized spacial score (nSPS) is 13.7. The van der Waals surface area contributed by atoms with Gasteiger partial charge in [-0.3, -0.25) is 4.98 Å². The Kier molecular flexibility index (Phi) is 3.86. The van der Waals surface area contributed by atoms with E-state index >= 15 is 0 Å². The van der Waals surface area contributed by atoms with Crippen molar-refractivity contribution in [2.75, 3.05) is 12.4 Å². The number of pyridine rings is 1. The first kappa shape index (κ1) is 13.0. The van der Waals surface area contributed by atoms with Gasteiger partial charge in [-0.2, -0.15) is 0 Å². The molecule has 1 aromatic heterocycles. The van der Waals surface area contributed by atoms with E-state index in [2.05, 4.69) is 28.5 Å². The second-order valence-corrected chi connectivity index (χ2v) is 5.21. The predicted octanol–water partition coefficient (Wildman–Crippen LogP) is 3.58. The van der Waals surface area contributed by atoms with Gasteiger partial charge in [-0.1, -0.05) is 6.07 Å². The molecule has 0 unspecified atom stereocenters. The van der Waals surface area contributed by atoms with Crippen molar-refractivity contribution in [3.05, 3.63) is 53.3 Å². The van der Waals surface area contributed by atoms with E-state index in [1.807, 2.05) is 19.2 Å². The van der Waals surface area contributed by atoms with Crippen LogP contribution in [0.2, 0.25) is 0 Å². The van der Waals surface area contributed by atoms with Gasteiger partial charge < -0.3 is 10.1 Å². The van der Waals surface area contributed by atoms with Crippen molar-refractivity contribution in [2.24, 2.45) is 0 Å². The molecule has 0 saturated carbocycles. The minimum atomic E-state index is 0.508. The van der Waals surface area contributed by atoms with Crippen LogP contribution in [-0.4, -0.2) is 12.0 Å². The van der Waals surface area contributed by atoms with E-state index in [1.165, 1.54) is 36.8 Å². The molecule has 0 atom stereocenters. The fraction of sp³-hybridized carbons (Fsp3) is 0.353. The van der Waals surface area contributed by atoms with Gasteiger partial charge in [0.2, 0.25) is 0 Å². The van der Waals surface area contributed by atoms with Gasteiger partial charge in [0.1, 0.15) is 12.4 Å². The van der Waals surface area contributed by atoms with Crippen molar-refractivity contribution >= 4 is 5.69 Å². The highest BCUT2D eigenvalue weighted by molar-refractivity contribution is 5.42. The summed E-state index contributed by atoms with van der Waals surface area (Å²) in [5.74, 6) is 0.947. The number of benzene rings is 1. The van der Waals surface area contributed by atoms with Crippen molar-refractivity contribution in [1.82, 2.24) is 4.98 Å². The number of nitrogens with zero attached hydrogens (tertiary/aromatic N) is 1. The second kappa shape index (κ2) is 5.95. The summed E-state index contributed by atoms with van der Waals surface area (Å²) in [4.78, 5) is 4.32. The molecule has 3 nitrogen and oxygen atoms in total. The van der Waals surface area contributed by atoms with Crippen LogP contribution in [0, 0.1) is 0 Å². The molecule has 0 amide bonds. The molecule has 2 aromatic rings. The SMILES string of the molecule is CNc1ccnc(COc2ccc3c(c2)CCCC3)c1. The summed E-state index contributed by atoms with van der Waals surface area (Å²) in [5.41, 5.74) is 4.93. The molecular formula is C17H20N2O. The van der Waals surface area contributed by atoms with E-state index in [9.17, 15) is 0 Å². The number of hydrogen-bond acceptors (Lipinski definition) is 3. The van der Waals surface area contributed by atoms with Gasteiger partial charge in [-0.15, -0.1) is 0 Å². The summed E-state index contributed by atoms with van der Waals surface area (Å²) in [5, 5.41) is 3.11. The van der Waals surface area contributed by atoms with Crippen LogP contribution in [0.25, 0.3) is 0 Å². The van der Waals surface area contributed by atoms with E-state index < -0.39 is 0 Å². The largest absolute Gasteiger partial charge is 0.487 e. The maximum Gasteiger partial charge on any atom is 0.130 e. The second-order valence-electron chi connectivity index (χ2n) is 5.21. The lowest BCUT2D eigenvalue weighted by Crippen LogP contribution is -2.04. The number of fused-ring (bicyclic) bond motifs is 1. The lowest BCUT2D eigenvalue weighted by molar-refractivity contribution is 0.301. The Bertz CT molecular complexity index is 595. The number of anilines is 1. The molecular weight excluding hydrogens is 248 g/mol. The van der Waals surface area contributed by atoms with E-state index in [0.29, 0.717) is 6.61 Å². The first-order chi connectivity index (χ1) is 9.85. The minimum absolute atomic E-state index is 0.508. The Balaban J connectivity index is 1.68. The molecule has 3 rings (SSSR count). The molecule has 0 saturated heterocycles. The van der Waals surface area contributed by atoms with Crippen LogP contribution in [0.5, 0.6) is 5.75 Å². The molecule has 1 aliphatic carbocycles. The molecule has 1 aromatic carbocycles. The first-order valence-corrected chi connectivity index (χ1v) is 7.22. The van der Waals surface area contributed by atoms with E-state index in [0.717, 1.165) is 17.1 Å². The molecule has 3 heteroatoms. The maximum atomic E-state index is 5.87. The van der Waals surface area contributed by atoms with E-state index in [-0.39, 0.29) is 0 Å². The van der Waals surface area contributed by atoms with Crippen LogP contribution < -0.4 is 10.1 Å². The van der Waals surface area contributed by atoms with Gasteiger partial charge in [0.25, 0.3) is 0 Å². The highest BCUT2D eigenvalue weighted by atomic mass is 16.5. The highest BCUT2D eigenvalue weighted by Gasteiger charge is 2.10. The Hall–Kier alpha value is -2.03. The Labute approximate surface area is 120 Å². The molecule has 1 aliphatic rings. The molecule has 0 spiro atoms. The molecule has 0 radical (unpaired) electrons. The number of hydrogen-bond donors (Lipinski definition) is 1. The average Bonchev–Trinajstić information content (AvgIpc) is 2.53. The Morgan fingerprint density at radius 2 is 1.95 bits per heavy atom. The third-order valence-electron chi connectivity index (χ3n) is 3.81. The third kappa shape index (κ3) is 2.93. The third-order valence-corrected chi connectivity index (χ3v) is 3.81. The van der Waals surface area contributed by atoms with Crippen molar-refractivity contribution in [1.29, 1.82) is 0 Å². The van der Waals surface area contributed by atoms with Crippen LogP contribution >= 0.6 is 0 Å². The Morgan fingerprint density at radius 1 is 1.10 bits per heavy atom. The van der Waals surface area contributed by atoms with Gasteiger partial charge in [0, 0.05) is 18.9 Å². The molecule has 0 aliphatic heterocycles. The fourth-order valence-corrected chi connectivity index (χ4v) is 2.67. The standard InChI is InChI=1S/C17H20N2O/c1-18-15-8-9-19-16(11-15)12-20-17-7-6-13-4-2-3-5-14(13)10-17/h6-11H,2-5,12H2,1H3,(H,18,19). The summed E-state index contributed by atoms with van der Waals surface area (Å²) < 4.78 is 5.87. The van der Waals surface area contributed by atoms with Crippen molar-refractivity contribution in [2.45, 2.75) is 32.3 Å². The van der Waals surface area contributed by atoms with Crippen LogP contribution in [0.3, 0.4) is 0 Å².